The molecule has 0 aromatic heterocycles. The quantitative estimate of drug-likeness (QED) is 0.512. The van der Waals surface area contributed by atoms with Gasteiger partial charge in [0.1, 0.15) is 5.75 Å². The van der Waals surface area contributed by atoms with Crippen LogP contribution in [0.5, 0.6) is 5.75 Å². The molecule has 2 aliphatic heterocycles. The second-order valence-corrected chi connectivity index (χ2v) is 10.2. The van der Waals surface area contributed by atoms with Gasteiger partial charge < -0.3 is 14.5 Å². The van der Waals surface area contributed by atoms with Crippen LogP contribution in [0, 0.1) is 13.8 Å². The molecule has 5 nitrogen and oxygen atoms in total. The summed E-state index contributed by atoms with van der Waals surface area (Å²) in [6, 6.07) is 15.1. The lowest BCUT2D eigenvalue weighted by Gasteiger charge is -2.48. The minimum absolute atomic E-state index is 0.168. The lowest BCUT2D eigenvalue weighted by atomic mass is 9.86. The number of fused-ring (bicyclic) bond motifs is 1. The summed E-state index contributed by atoms with van der Waals surface area (Å²) >= 11 is 0. The first-order valence-electron chi connectivity index (χ1n) is 12.9. The van der Waals surface area contributed by atoms with Crippen molar-refractivity contribution in [1.82, 2.24) is 14.7 Å². The monoisotopic (exact) mass is 463 g/mol. The highest BCUT2D eigenvalue weighted by Gasteiger charge is 2.37. The van der Waals surface area contributed by atoms with E-state index in [4.69, 9.17) is 4.74 Å². The molecule has 0 N–H and O–H groups in total. The van der Waals surface area contributed by atoms with Gasteiger partial charge in [-0.1, -0.05) is 24.3 Å². The van der Waals surface area contributed by atoms with E-state index in [-0.39, 0.29) is 5.91 Å². The van der Waals surface area contributed by atoms with Crippen LogP contribution in [0.1, 0.15) is 65.2 Å². The third kappa shape index (κ3) is 5.64. The molecule has 2 aromatic rings. The van der Waals surface area contributed by atoms with Crippen molar-refractivity contribution in [3.8, 4) is 5.75 Å². The van der Waals surface area contributed by atoms with Crippen LogP contribution in [-0.4, -0.2) is 73.5 Å². The maximum Gasteiger partial charge on any atom is 0.253 e. The summed E-state index contributed by atoms with van der Waals surface area (Å²) in [5.41, 5.74) is 4.86. The van der Waals surface area contributed by atoms with E-state index in [1.165, 1.54) is 36.0 Å². The van der Waals surface area contributed by atoms with Crippen molar-refractivity contribution in [2.45, 2.75) is 58.0 Å². The Bertz CT molecular complexity index is 959. The molecule has 2 saturated heterocycles. The van der Waals surface area contributed by atoms with E-state index in [9.17, 15) is 4.79 Å². The number of nitrogens with zero attached hydrogens (tertiary/aromatic N) is 3. The minimum atomic E-state index is 0.168. The van der Waals surface area contributed by atoms with E-state index in [0.29, 0.717) is 12.1 Å². The first-order valence-corrected chi connectivity index (χ1v) is 12.9. The molecule has 5 heteroatoms. The molecule has 2 atom stereocenters. The predicted octanol–water partition coefficient (Wildman–Crippen LogP) is 5.08. The molecule has 0 saturated carbocycles. The number of rotatable bonds is 8. The summed E-state index contributed by atoms with van der Waals surface area (Å²) in [6.07, 6.45) is 5.80. The largest absolute Gasteiger partial charge is 0.493 e. The maximum atomic E-state index is 13.0. The lowest BCUT2D eigenvalue weighted by molar-refractivity contribution is 0.0101. The van der Waals surface area contributed by atoms with Crippen molar-refractivity contribution in [3.63, 3.8) is 0 Å². The van der Waals surface area contributed by atoms with E-state index in [2.05, 4.69) is 54.8 Å². The number of piperidine rings is 1. The van der Waals surface area contributed by atoms with Crippen LogP contribution in [0.2, 0.25) is 0 Å². The Balaban J connectivity index is 1.40. The molecule has 1 amide bonds. The molecule has 34 heavy (non-hydrogen) atoms. The van der Waals surface area contributed by atoms with E-state index in [1.807, 2.05) is 30.3 Å². The zero-order chi connectivity index (χ0) is 24.1. The summed E-state index contributed by atoms with van der Waals surface area (Å²) in [6.45, 7) is 8.90. The first kappa shape index (κ1) is 24.7. The van der Waals surface area contributed by atoms with Crippen molar-refractivity contribution < 1.29 is 9.53 Å². The first-order chi connectivity index (χ1) is 16.5. The number of amides is 1. The smallest absolute Gasteiger partial charge is 0.253 e. The van der Waals surface area contributed by atoms with Gasteiger partial charge in [0.15, 0.2) is 0 Å². The Morgan fingerprint density at radius 1 is 1.00 bits per heavy atom. The fraction of sp³-hybridized carbons (Fsp3) is 0.552. The number of hydrogen-bond donors (Lipinski definition) is 0. The zero-order valence-electron chi connectivity index (χ0n) is 21.4. The topological polar surface area (TPSA) is 36.0 Å². The molecule has 0 bridgehead atoms. The standard InChI is InChI=1S/C29H41N3O2/c1-22-23(2)28(34-20-9-8-17-30(3)4)16-15-26(22)27-14-10-13-25-21-31(18-19-32(25)27)29(33)24-11-6-5-7-12-24/h5-7,11-12,15-16,25,27H,8-10,13-14,17-21H2,1-4H3/t25-,27?/m0/s1. The van der Waals surface area contributed by atoms with Gasteiger partial charge in [-0.2, -0.15) is 0 Å². The summed E-state index contributed by atoms with van der Waals surface area (Å²) in [5.74, 6) is 1.19. The van der Waals surface area contributed by atoms with E-state index < -0.39 is 0 Å². The average Bonchev–Trinajstić information content (AvgIpc) is 2.85. The number of hydrogen-bond acceptors (Lipinski definition) is 4. The molecular weight excluding hydrogens is 422 g/mol. The van der Waals surface area contributed by atoms with Gasteiger partial charge in [0.25, 0.3) is 5.91 Å². The number of benzene rings is 2. The minimum Gasteiger partial charge on any atom is -0.493 e. The van der Waals surface area contributed by atoms with E-state index >= 15 is 0 Å². The van der Waals surface area contributed by atoms with Gasteiger partial charge in [-0.05, 0) is 101 Å². The summed E-state index contributed by atoms with van der Waals surface area (Å²) in [7, 11) is 4.23. The highest BCUT2D eigenvalue weighted by molar-refractivity contribution is 5.94. The Hall–Kier alpha value is -2.37. The predicted molar refractivity (Wildman–Crippen MR) is 139 cm³/mol. The van der Waals surface area contributed by atoms with Crippen molar-refractivity contribution in [3.05, 3.63) is 64.7 Å². The van der Waals surface area contributed by atoms with Crippen LogP contribution in [0.15, 0.2) is 42.5 Å². The highest BCUT2D eigenvalue weighted by Crippen LogP contribution is 2.39. The molecule has 0 aliphatic carbocycles. The summed E-state index contributed by atoms with van der Waals surface area (Å²) < 4.78 is 6.15. The Morgan fingerprint density at radius 3 is 2.56 bits per heavy atom. The maximum absolute atomic E-state index is 13.0. The number of carbonyl (C=O) groups is 1. The van der Waals surface area contributed by atoms with Crippen LogP contribution in [-0.2, 0) is 0 Å². The molecule has 0 radical (unpaired) electrons. The van der Waals surface area contributed by atoms with Crippen LogP contribution >= 0.6 is 0 Å². The summed E-state index contributed by atoms with van der Waals surface area (Å²) in [5, 5.41) is 0. The fourth-order valence-corrected chi connectivity index (χ4v) is 5.58. The SMILES string of the molecule is Cc1c(OCCCCN(C)C)ccc(C2CCC[C@H]3CN(C(=O)c4ccccc4)CCN23)c1C. The molecule has 0 spiro atoms. The molecule has 2 fully saturated rings. The number of ether oxygens (including phenoxy) is 1. The fourth-order valence-electron chi connectivity index (χ4n) is 5.58. The molecule has 2 aliphatic rings. The van der Waals surface area contributed by atoms with Crippen molar-refractivity contribution in [2.24, 2.45) is 0 Å². The van der Waals surface area contributed by atoms with Gasteiger partial charge in [-0.15, -0.1) is 0 Å². The molecule has 2 heterocycles. The highest BCUT2D eigenvalue weighted by atomic mass is 16.5. The summed E-state index contributed by atoms with van der Waals surface area (Å²) in [4.78, 5) is 20.0. The third-order valence-electron chi connectivity index (χ3n) is 7.65. The van der Waals surface area contributed by atoms with Crippen LogP contribution in [0.3, 0.4) is 0 Å². The van der Waals surface area contributed by atoms with Gasteiger partial charge in [0, 0.05) is 37.3 Å². The second-order valence-electron chi connectivity index (χ2n) is 10.2. The van der Waals surface area contributed by atoms with Gasteiger partial charge >= 0.3 is 0 Å². The number of piperazine rings is 1. The molecule has 1 unspecified atom stereocenters. The molecule has 184 valence electrons. The Morgan fingerprint density at radius 2 is 1.79 bits per heavy atom. The van der Waals surface area contributed by atoms with E-state index in [0.717, 1.165) is 56.9 Å². The Labute approximate surface area is 205 Å². The lowest BCUT2D eigenvalue weighted by Crippen LogP contribution is -2.57. The van der Waals surface area contributed by atoms with E-state index in [1.54, 1.807) is 0 Å². The molecule has 2 aromatic carbocycles. The number of unbranched alkanes of at least 4 members (excludes halogenated alkanes) is 1. The molecule has 4 rings (SSSR count). The van der Waals surface area contributed by atoms with Crippen LogP contribution in [0.4, 0.5) is 0 Å². The van der Waals surface area contributed by atoms with Gasteiger partial charge in [-0.25, -0.2) is 0 Å². The average molecular weight is 464 g/mol. The van der Waals surface area contributed by atoms with Gasteiger partial charge in [-0.3, -0.25) is 9.69 Å². The van der Waals surface area contributed by atoms with Crippen LogP contribution < -0.4 is 4.74 Å². The zero-order valence-corrected chi connectivity index (χ0v) is 21.4. The van der Waals surface area contributed by atoms with Gasteiger partial charge in [0.05, 0.1) is 6.61 Å². The van der Waals surface area contributed by atoms with Crippen molar-refractivity contribution in [2.75, 3.05) is 46.9 Å². The van der Waals surface area contributed by atoms with Crippen molar-refractivity contribution >= 4 is 5.91 Å². The third-order valence-corrected chi connectivity index (χ3v) is 7.65. The molecular formula is C29H41N3O2. The van der Waals surface area contributed by atoms with Crippen molar-refractivity contribution in [1.29, 1.82) is 0 Å². The second kappa shape index (κ2) is 11.4. The van der Waals surface area contributed by atoms with Gasteiger partial charge in [0.2, 0.25) is 0 Å². The van der Waals surface area contributed by atoms with Crippen LogP contribution in [0.25, 0.3) is 0 Å². The Kier molecular flexibility index (Phi) is 8.28. The number of carbonyl (C=O) groups excluding carboxylic acids is 1. The normalized spacial score (nSPS) is 20.9.